The number of nitrogens with zero attached hydrogens (tertiary/aromatic N) is 3. The van der Waals surface area contributed by atoms with Crippen molar-refractivity contribution in [3.8, 4) is 0 Å². The van der Waals surface area contributed by atoms with Crippen LogP contribution in [-0.4, -0.2) is 14.6 Å². The van der Waals surface area contributed by atoms with Gasteiger partial charge in [0.25, 0.3) is 5.95 Å². The molecule has 0 unspecified atom stereocenters. The molecule has 0 radical (unpaired) electrons. The van der Waals surface area contributed by atoms with E-state index >= 15 is 0 Å². The van der Waals surface area contributed by atoms with Gasteiger partial charge in [-0.2, -0.15) is 14.0 Å². The lowest BCUT2D eigenvalue weighted by Gasteiger charge is -1.87. The zero-order valence-corrected chi connectivity index (χ0v) is 6.09. The molecular weight excluding hydrogens is 169 g/mol. The summed E-state index contributed by atoms with van der Waals surface area (Å²) in [6.45, 7) is 0. The van der Waals surface area contributed by atoms with Crippen LogP contribution >= 0.6 is 11.6 Å². The minimum absolute atomic E-state index is 0.149. The van der Waals surface area contributed by atoms with Crippen molar-refractivity contribution >= 4 is 17.2 Å². The van der Waals surface area contributed by atoms with Gasteiger partial charge in [-0.25, -0.2) is 4.98 Å². The molecule has 0 atom stereocenters. The molecule has 0 saturated carbocycles. The summed E-state index contributed by atoms with van der Waals surface area (Å²) in [5.74, 6) is -0.623. The predicted octanol–water partition coefficient (Wildman–Crippen LogP) is 1.52. The highest BCUT2D eigenvalue weighted by Crippen LogP contribution is 2.13. The second-order valence-electron chi connectivity index (χ2n) is 1.99. The highest BCUT2D eigenvalue weighted by molar-refractivity contribution is 6.29. The van der Waals surface area contributed by atoms with Gasteiger partial charge in [-0.15, -0.1) is 0 Å². The molecule has 0 aromatic carbocycles. The third kappa shape index (κ3) is 0.867. The van der Waals surface area contributed by atoms with Crippen molar-refractivity contribution in [3.63, 3.8) is 0 Å². The Morgan fingerprint density at radius 2 is 2.36 bits per heavy atom. The van der Waals surface area contributed by atoms with Crippen LogP contribution in [0.1, 0.15) is 0 Å². The zero-order chi connectivity index (χ0) is 7.84. The minimum Gasteiger partial charge on any atom is -0.212 e. The Hall–Kier alpha value is -1.16. The Balaban J connectivity index is 2.92. The van der Waals surface area contributed by atoms with Crippen molar-refractivity contribution in [2.45, 2.75) is 0 Å². The maximum Gasteiger partial charge on any atom is 0.253 e. The molecule has 0 aliphatic carbocycles. The van der Waals surface area contributed by atoms with Gasteiger partial charge in [0.05, 0.1) is 0 Å². The maximum atomic E-state index is 12.9. The predicted molar refractivity (Wildman–Crippen MR) is 38.0 cm³/mol. The van der Waals surface area contributed by atoms with E-state index in [4.69, 9.17) is 11.6 Å². The fourth-order valence-electron chi connectivity index (χ4n) is 0.834. The van der Waals surface area contributed by atoms with E-state index in [-0.39, 0.29) is 5.15 Å². The van der Waals surface area contributed by atoms with Crippen LogP contribution in [0.2, 0.25) is 5.15 Å². The van der Waals surface area contributed by atoms with Crippen LogP contribution in [0.4, 0.5) is 4.39 Å². The van der Waals surface area contributed by atoms with Gasteiger partial charge in [0.1, 0.15) is 0 Å². The van der Waals surface area contributed by atoms with Gasteiger partial charge in [0, 0.05) is 6.20 Å². The average Bonchev–Trinajstić information content (AvgIpc) is 2.30. The average molecular weight is 172 g/mol. The molecule has 0 aliphatic rings. The smallest absolute Gasteiger partial charge is 0.212 e. The summed E-state index contributed by atoms with van der Waals surface area (Å²) >= 11 is 5.41. The largest absolute Gasteiger partial charge is 0.253 e. The molecule has 0 N–H and O–H groups in total. The van der Waals surface area contributed by atoms with Gasteiger partial charge < -0.3 is 0 Å². The minimum atomic E-state index is -0.623. The summed E-state index contributed by atoms with van der Waals surface area (Å²) in [6.07, 6.45) is 1.47. The molecule has 3 nitrogen and oxygen atoms in total. The molecule has 2 aromatic rings. The lowest BCUT2D eigenvalue weighted by Crippen LogP contribution is -1.91. The summed E-state index contributed by atoms with van der Waals surface area (Å²) in [5, 5.41) is 3.55. The van der Waals surface area contributed by atoms with Crippen molar-refractivity contribution < 1.29 is 4.39 Å². The first-order valence-corrected chi connectivity index (χ1v) is 3.31. The third-order valence-electron chi connectivity index (χ3n) is 1.30. The van der Waals surface area contributed by atoms with Gasteiger partial charge in [0.15, 0.2) is 10.8 Å². The van der Waals surface area contributed by atoms with Crippen molar-refractivity contribution in [2.75, 3.05) is 0 Å². The van der Waals surface area contributed by atoms with Gasteiger partial charge in [-0.3, -0.25) is 0 Å². The van der Waals surface area contributed by atoms with Gasteiger partial charge in [-0.05, 0) is 12.1 Å². The zero-order valence-electron chi connectivity index (χ0n) is 5.33. The number of halogens is 2. The van der Waals surface area contributed by atoms with Crippen molar-refractivity contribution in [1.82, 2.24) is 14.6 Å². The number of imidazole rings is 1. The van der Waals surface area contributed by atoms with Crippen molar-refractivity contribution in [3.05, 3.63) is 29.4 Å². The Kier molecular flexibility index (Phi) is 1.29. The second-order valence-corrected chi connectivity index (χ2v) is 2.35. The molecule has 2 heterocycles. The van der Waals surface area contributed by atoms with E-state index in [0.717, 1.165) is 4.52 Å². The first kappa shape index (κ1) is 6.54. The van der Waals surface area contributed by atoms with E-state index in [1.165, 1.54) is 6.20 Å². The Morgan fingerprint density at radius 3 is 3.09 bits per heavy atom. The van der Waals surface area contributed by atoms with Crippen LogP contribution in [0.25, 0.3) is 5.65 Å². The molecule has 0 bridgehead atoms. The standard InChI is InChI=1S/C6H3ClFN3/c7-5-6(8)11-4(10-5)2-1-3-9-11/h1-3H. The molecule has 0 saturated heterocycles. The van der Waals surface area contributed by atoms with Crippen LogP contribution in [0.5, 0.6) is 0 Å². The number of hydrogen-bond donors (Lipinski definition) is 0. The number of fused-ring (bicyclic) bond motifs is 1. The Bertz CT molecular complexity index is 398. The Labute approximate surface area is 66.4 Å². The number of aromatic nitrogens is 3. The van der Waals surface area contributed by atoms with E-state index in [1.54, 1.807) is 12.1 Å². The van der Waals surface area contributed by atoms with Crippen molar-refractivity contribution in [2.24, 2.45) is 0 Å². The lowest BCUT2D eigenvalue weighted by molar-refractivity contribution is 0.549. The first-order valence-electron chi connectivity index (χ1n) is 2.94. The molecule has 0 fully saturated rings. The van der Waals surface area contributed by atoms with Crippen LogP contribution in [0, 0.1) is 5.95 Å². The highest BCUT2D eigenvalue weighted by Gasteiger charge is 2.08. The van der Waals surface area contributed by atoms with Crippen molar-refractivity contribution in [1.29, 1.82) is 0 Å². The summed E-state index contributed by atoms with van der Waals surface area (Å²) in [4.78, 5) is 3.70. The maximum absolute atomic E-state index is 12.9. The molecule has 0 spiro atoms. The molecule has 2 rings (SSSR count). The van der Waals surface area contributed by atoms with E-state index in [1.807, 2.05) is 0 Å². The fraction of sp³-hybridized carbons (Fsp3) is 0. The van der Waals surface area contributed by atoms with Crippen LogP contribution in [0.15, 0.2) is 18.3 Å². The Morgan fingerprint density at radius 1 is 1.55 bits per heavy atom. The SMILES string of the molecule is Fc1c(Cl)nc2cccnn12. The summed E-state index contributed by atoms with van der Waals surface area (Å²) in [7, 11) is 0. The molecule has 0 aliphatic heterocycles. The van der Waals surface area contributed by atoms with Gasteiger partial charge >= 0.3 is 0 Å². The highest BCUT2D eigenvalue weighted by atomic mass is 35.5. The second kappa shape index (κ2) is 2.17. The van der Waals surface area contributed by atoms with Crippen LogP contribution in [-0.2, 0) is 0 Å². The molecule has 0 amide bonds. The quantitative estimate of drug-likeness (QED) is 0.602. The van der Waals surface area contributed by atoms with Crippen LogP contribution in [0.3, 0.4) is 0 Å². The normalized spacial score (nSPS) is 10.7. The molecule has 5 heteroatoms. The molecular formula is C6H3ClFN3. The number of hydrogen-bond acceptors (Lipinski definition) is 2. The number of rotatable bonds is 0. The topological polar surface area (TPSA) is 30.2 Å². The van der Waals surface area contributed by atoms with E-state index in [9.17, 15) is 4.39 Å². The van der Waals surface area contributed by atoms with E-state index < -0.39 is 5.95 Å². The first-order chi connectivity index (χ1) is 5.29. The van der Waals surface area contributed by atoms with Crippen LogP contribution < -0.4 is 0 Å². The molecule has 11 heavy (non-hydrogen) atoms. The third-order valence-corrected chi connectivity index (χ3v) is 1.54. The van der Waals surface area contributed by atoms with E-state index in [2.05, 4.69) is 10.1 Å². The fourth-order valence-corrected chi connectivity index (χ4v) is 1.00. The molecule has 2 aromatic heterocycles. The van der Waals surface area contributed by atoms with Gasteiger partial charge in [0.2, 0.25) is 0 Å². The van der Waals surface area contributed by atoms with E-state index in [0.29, 0.717) is 5.65 Å². The lowest BCUT2D eigenvalue weighted by atomic mass is 10.6. The molecule has 56 valence electrons. The monoisotopic (exact) mass is 171 g/mol. The summed E-state index contributed by atoms with van der Waals surface area (Å²) in [5.41, 5.74) is 0.412. The summed E-state index contributed by atoms with van der Waals surface area (Å²) < 4.78 is 13.9. The summed E-state index contributed by atoms with van der Waals surface area (Å²) in [6, 6.07) is 3.29. The van der Waals surface area contributed by atoms with Gasteiger partial charge in [-0.1, -0.05) is 11.6 Å².